The Morgan fingerprint density at radius 3 is 2.47 bits per heavy atom. The lowest BCUT2D eigenvalue weighted by molar-refractivity contribution is -0.131. The van der Waals surface area contributed by atoms with Crippen LogP contribution in [0, 0.1) is 0 Å². The molecule has 0 fully saturated rings. The monoisotopic (exact) mass is 327 g/mol. The summed E-state index contributed by atoms with van der Waals surface area (Å²) in [6, 6.07) is 3.49. The molecule has 0 spiro atoms. The van der Waals surface area contributed by atoms with Gasteiger partial charge < -0.3 is 9.80 Å². The van der Waals surface area contributed by atoms with Crippen LogP contribution in [-0.4, -0.2) is 53.3 Å². The van der Waals surface area contributed by atoms with Crippen LogP contribution in [0.5, 0.6) is 0 Å². The standard InChI is InChI=1S/C13H18BrN3O2/c1-4-17(5-2)11(18)9-16(3)13(19)12-10(14)7-6-8-15-12/h6-8H,4-5,9H2,1-3H3. The van der Waals surface area contributed by atoms with Gasteiger partial charge in [-0.1, -0.05) is 0 Å². The molecule has 104 valence electrons. The highest BCUT2D eigenvalue weighted by Gasteiger charge is 2.20. The Morgan fingerprint density at radius 1 is 1.32 bits per heavy atom. The van der Waals surface area contributed by atoms with Crippen molar-refractivity contribution in [3.05, 3.63) is 28.5 Å². The third kappa shape index (κ3) is 4.02. The molecule has 0 saturated heterocycles. The summed E-state index contributed by atoms with van der Waals surface area (Å²) in [5.41, 5.74) is 0.317. The fourth-order valence-electron chi connectivity index (χ4n) is 1.67. The van der Waals surface area contributed by atoms with Crippen LogP contribution in [0.15, 0.2) is 22.8 Å². The zero-order chi connectivity index (χ0) is 14.4. The number of nitrogens with zero attached hydrogens (tertiary/aromatic N) is 3. The summed E-state index contributed by atoms with van der Waals surface area (Å²) >= 11 is 3.28. The summed E-state index contributed by atoms with van der Waals surface area (Å²) in [6.07, 6.45) is 1.55. The predicted molar refractivity (Wildman–Crippen MR) is 76.8 cm³/mol. The van der Waals surface area contributed by atoms with Gasteiger partial charge in [0.1, 0.15) is 5.69 Å². The molecule has 0 N–H and O–H groups in total. The van der Waals surface area contributed by atoms with Crippen molar-refractivity contribution < 1.29 is 9.59 Å². The molecule has 19 heavy (non-hydrogen) atoms. The fraction of sp³-hybridized carbons (Fsp3) is 0.462. The summed E-state index contributed by atoms with van der Waals surface area (Å²) in [5.74, 6) is -0.333. The smallest absolute Gasteiger partial charge is 0.273 e. The molecule has 2 amide bonds. The van der Waals surface area contributed by atoms with E-state index in [1.165, 1.54) is 4.90 Å². The molecule has 5 nitrogen and oxygen atoms in total. The SMILES string of the molecule is CCN(CC)C(=O)CN(C)C(=O)c1ncccc1Br. The number of likely N-dealkylation sites (N-methyl/N-ethyl adjacent to an activating group) is 2. The normalized spacial score (nSPS) is 10.1. The Hall–Kier alpha value is -1.43. The van der Waals surface area contributed by atoms with Gasteiger partial charge in [-0.05, 0) is 41.9 Å². The summed E-state index contributed by atoms with van der Waals surface area (Å²) in [7, 11) is 1.60. The number of hydrogen-bond donors (Lipinski definition) is 0. The van der Waals surface area contributed by atoms with Gasteiger partial charge in [0.15, 0.2) is 0 Å². The van der Waals surface area contributed by atoms with Crippen LogP contribution in [0.25, 0.3) is 0 Å². The second-order valence-corrected chi connectivity index (χ2v) is 4.92. The van der Waals surface area contributed by atoms with E-state index in [1.54, 1.807) is 30.3 Å². The van der Waals surface area contributed by atoms with E-state index in [9.17, 15) is 9.59 Å². The average Bonchev–Trinajstić information content (AvgIpc) is 2.39. The molecule has 0 unspecified atom stereocenters. The van der Waals surface area contributed by atoms with Crippen molar-refractivity contribution in [1.82, 2.24) is 14.8 Å². The number of carbonyl (C=O) groups excluding carboxylic acids is 2. The molecular formula is C13H18BrN3O2. The molecule has 1 aromatic rings. The van der Waals surface area contributed by atoms with Crippen LogP contribution < -0.4 is 0 Å². The van der Waals surface area contributed by atoms with Crippen molar-refractivity contribution in [1.29, 1.82) is 0 Å². The Balaban J connectivity index is 2.74. The molecule has 0 aromatic carbocycles. The van der Waals surface area contributed by atoms with Gasteiger partial charge in [-0.2, -0.15) is 0 Å². The molecule has 0 saturated carbocycles. The maximum Gasteiger partial charge on any atom is 0.273 e. The number of aromatic nitrogens is 1. The number of amides is 2. The minimum Gasteiger partial charge on any atom is -0.342 e. The second-order valence-electron chi connectivity index (χ2n) is 4.06. The van der Waals surface area contributed by atoms with Crippen molar-refractivity contribution >= 4 is 27.7 Å². The van der Waals surface area contributed by atoms with Crippen LogP contribution in [0.4, 0.5) is 0 Å². The van der Waals surface area contributed by atoms with E-state index < -0.39 is 0 Å². The highest BCUT2D eigenvalue weighted by Crippen LogP contribution is 2.14. The zero-order valence-electron chi connectivity index (χ0n) is 11.4. The van der Waals surface area contributed by atoms with Gasteiger partial charge in [0.05, 0.1) is 6.54 Å². The Kier molecular flexibility index (Phi) is 5.95. The number of rotatable bonds is 5. The maximum atomic E-state index is 12.2. The lowest BCUT2D eigenvalue weighted by atomic mass is 10.3. The minimum atomic E-state index is -0.270. The van der Waals surface area contributed by atoms with Gasteiger partial charge in [-0.3, -0.25) is 9.59 Å². The lowest BCUT2D eigenvalue weighted by Crippen LogP contribution is -2.41. The molecule has 1 heterocycles. The number of pyridine rings is 1. The van der Waals surface area contributed by atoms with E-state index in [1.807, 2.05) is 13.8 Å². The number of carbonyl (C=O) groups is 2. The van der Waals surface area contributed by atoms with E-state index in [0.717, 1.165) is 0 Å². The predicted octanol–water partition coefficient (Wildman–Crippen LogP) is 1.78. The molecule has 0 aliphatic carbocycles. The first-order valence-electron chi connectivity index (χ1n) is 6.15. The van der Waals surface area contributed by atoms with Gasteiger partial charge in [0.2, 0.25) is 5.91 Å². The van der Waals surface area contributed by atoms with Crippen LogP contribution in [0.3, 0.4) is 0 Å². The quantitative estimate of drug-likeness (QED) is 0.828. The third-order valence-electron chi connectivity index (χ3n) is 2.80. The van der Waals surface area contributed by atoms with Crippen molar-refractivity contribution in [2.45, 2.75) is 13.8 Å². The largest absolute Gasteiger partial charge is 0.342 e. The molecule has 6 heteroatoms. The summed E-state index contributed by atoms with van der Waals surface area (Å²) in [5, 5.41) is 0. The van der Waals surface area contributed by atoms with Crippen molar-refractivity contribution in [3.63, 3.8) is 0 Å². The first-order chi connectivity index (χ1) is 9.01. The van der Waals surface area contributed by atoms with Crippen LogP contribution in [0.1, 0.15) is 24.3 Å². The van der Waals surface area contributed by atoms with Crippen LogP contribution in [0.2, 0.25) is 0 Å². The van der Waals surface area contributed by atoms with Gasteiger partial charge in [0.25, 0.3) is 5.91 Å². The summed E-state index contributed by atoms with van der Waals surface area (Å²) < 4.78 is 0.627. The molecule has 0 atom stereocenters. The maximum absolute atomic E-state index is 12.2. The first kappa shape index (κ1) is 15.6. The summed E-state index contributed by atoms with van der Waals surface area (Å²) in [4.78, 5) is 31.2. The molecule has 0 bridgehead atoms. The molecular weight excluding hydrogens is 310 g/mol. The highest BCUT2D eigenvalue weighted by molar-refractivity contribution is 9.10. The van der Waals surface area contributed by atoms with Crippen LogP contribution in [-0.2, 0) is 4.79 Å². The Bertz CT molecular complexity index is 461. The number of hydrogen-bond acceptors (Lipinski definition) is 3. The minimum absolute atomic E-state index is 0.0591. The van der Waals surface area contributed by atoms with E-state index in [0.29, 0.717) is 23.3 Å². The average molecular weight is 328 g/mol. The molecule has 0 aliphatic heterocycles. The van der Waals surface area contributed by atoms with E-state index >= 15 is 0 Å². The Labute approximate surface area is 121 Å². The Morgan fingerprint density at radius 2 is 1.95 bits per heavy atom. The van der Waals surface area contributed by atoms with Crippen molar-refractivity contribution in [2.75, 3.05) is 26.7 Å². The molecule has 1 aromatic heterocycles. The molecule has 0 radical (unpaired) electrons. The van der Waals surface area contributed by atoms with Gasteiger partial charge >= 0.3 is 0 Å². The van der Waals surface area contributed by atoms with E-state index in [4.69, 9.17) is 0 Å². The van der Waals surface area contributed by atoms with Crippen molar-refractivity contribution in [2.24, 2.45) is 0 Å². The number of halogens is 1. The van der Waals surface area contributed by atoms with Crippen molar-refractivity contribution in [3.8, 4) is 0 Å². The summed E-state index contributed by atoms with van der Waals surface area (Å²) in [6.45, 7) is 5.18. The van der Waals surface area contributed by atoms with Crippen LogP contribution >= 0.6 is 15.9 Å². The topological polar surface area (TPSA) is 53.5 Å². The van der Waals surface area contributed by atoms with E-state index in [-0.39, 0.29) is 18.4 Å². The zero-order valence-corrected chi connectivity index (χ0v) is 13.0. The third-order valence-corrected chi connectivity index (χ3v) is 3.44. The molecule has 0 aliphatic rings. The fourth-order valence-corrected chi connectivity index (χ4v) is 2.10. The first-order valence-corrected chi connectivity index (χ1v) is 6.94. The lowest BCUT2D eigenvalue weighted by Gasteiger charge is -2.23. The second kappa shape index (κ2) is 7.23. The van der Waals surface area contributed by atoms with E-state index in [2.05, 4.69) is 20.9 Å². The van der Waals surface area contributed by atoms with Gasteiger partial charge in [-0.25, -0.2) is 4.98 Å². The van der Waals surface area contributed by atoms with Gasteiger partial charge in [0, 0.05) is 30.8 Å². The van der Waals surface area contributed by atoms with Gasteiger partial charge in [-0.15, -0.1) is 0 Å². The molecule has 1 rings (SSSR count). The highest BCUT2D eigenvalue weighted by atomic mass is 79.9.